The fourth-order valence-electron chi connectivity index (χ4n) is 3.12. The number of β-amino-alcohol motifs (C(OH)–C–C–N with tert-alkyl or cyclic N) is 1. The van der Waals surface area contributed by atoms with Crippen LogP contribution < -0.4 is 0 Å². The topological polar surface area (TPSA) is 69.8 Å². The Kier molecular flexibility index (Phi) is 5.83. The van der Waals surface area contributed by atoms with Gasteiger partial charge in [0, 0.05) is 26.2 Å². The average Bonchev–Trinajstić information content (AvgIpc) is 3.08. The molecule has 6 nitrogen and oxygen atoms in total. The largest absolute Gasteiger partial charge is 0.392 e. The van der Waals surface area contributed by atoms with Crippen LogP contribution >= 0.6 is 0 Å². The molecule has 0 saturated carbocycles. The first-order valence-electron chi connectivity index (χ1n) is 8.77. The third kappa shape index (κ3) is 4.90. The van der Waals surface area contributed by atoms with E-state index in [1.807, 2.05) is 18.2 Å². The number of rotatable bonds is 6. The second-order valence-electron chi connectivity index (χ2n) is 6.67. The van der Waals surface area contributed by atoms with Crippen LogP contribution in [-0.4, -0.2) is 58.8 Å². The van der Waals surface area contributed by atoms with E-state index in [1.165, 1.54) is 5.56 Å². The van der Waals surface area contributed by atoms with Crippen molar-refractivity contribution in [2.45, 2.75) is 31.9 Å². The normalized spacial score (nSPS) is 18.2. The molecule has 2 heterocycles. The number of carbonyl (C=O) groups is 1. The molecule has 1 fully saturated rings. The summed E-state index contributed by atoms with van der Waals surface area (Å²) in [6.45, 7) is 2.77. The summed E-state index contributed by atoms with van der Waals surface area (Å²) in [6.07, 6.45) is 2.35. The zero-order valence-corrected chi connectivity index (χ0v) is 14.6. The number of hydrogen-bond acceptors (Lipinski definition) is 5. The first kappa shape index (κ1) is 17.6. The number of amides is 1. The van der Waals surface area contributed by atoms with E-state index in [9.17, 15) is 9.90 Å². The van der Waals surface area contributed by atoms with E-state index in [0.29, 0.717) is 31.1 Å². The SMILES string of the molecule is CN(CCc1ccccc1)C(=O)c1cc(CN2CCC[C@H](O)C2)on1. The molecule has 0 spiro atoms. The molecule has 1 aliphatic rings. The summed E-state index contributed by atoms with van der Waals surface area (Å²) in [6, 6.07) is 11.8. The number of hydrogen-bond donors (Lipinski definition) is 1. The molecule has 1 amide bonds. The minimum Gasteiger partial charge on any atom is -0.392 e. The number of aliphatic hydroxyl groups is 1. The summed E-state index contributed by atoms with van der Waals surface area (Å²) in [5.41, 5.74) is 1.54. The van der Waals surface area contributed by atoms with Crippen LogP contribution in [0.3, 0.4) is 0 Å². The van der Waals surface area contributed by atoms with Gasteiger partial charge in [-0.3, -0.25) is 9.69 Å². The molecule has 1 N–H and O–H groups in total. The molecule has 1 aromatic carbocycles. The third-order valence-electron chi connectivity index (χ3n) is 4.56. The van der Waals surface area contributed by atoms with Crippen molar-refractivity contribution in [3.63, 3.8) is 0 Å². The van der Waals surface area contributed by atoms with Crippen molar-refractivity contribution >= 4 is 5.91 Å². The molecular formula is C19H25N3O3. The first-order valence-corrected chi connectivity index (χ1v) is 8.77. The lowest BCUT2D eigenvalue weighted by molar-refractivity contribution is 0.0622. The Balaban J connectivity index is 1.52. The fraction of sp³-hybridized carbons (Fsp3) is 0.474. The number of nitrogens with zero attached hydrogens (tertiary/aromatic N) is 3. The molecular weight excluding hydrogens is 318 g/mol. The van der Waals surface area contributed by atoms with E-state index in [2.05, 4.69) is 22.2 Å². The van der Waals surface area contributed by atoms with Gasteiger partial charge in [0.2, 0.25) is 0 Å². The van der Waals surface area contributed by atoms with Gasteiger partial charge < -0.3 is 14.5 Å². The van der Waals surface area contributed by atoms with Gasteiger partial charge in [-0.05, 0) is 31.4 Å². The zero-order valence-electron chi connectivity index (χ0n) is 14.6. The second kappa shape index (κ2) is 8.27. The van der Waals surface area contributed by atoms with E-state index < -0.39 is 0 Å². The molecule has 1 saturated heterocycles. The highest BCUT2D eigenvalue weighted by Crippen LogP contribution is 2.15. The Morgan fingerprint density at radius 3 is 2.96 bits per heavy atom. The summed E-state index contributed by atoms with van der Waals surface area (Å²) in [5.74, 6) is 0.526. The quantitative estimate of drug-likeness (QED) is 0.868. The molecule has 0 unspecified atom stereocenters. The van der Waals surface area contributed by atoms with E-state index in [0.717, 1.165) is 25.8 Å². The van der Waals surface area contributed by atoms with Gasteiger partial charge >= 0.3 is 0 Å². The van der Waals surface area contributed by atoms with Crippen LogP contribution in [0.4, 0.5) is 0 Å². The maximum atomic E-state index is 12.5. The molecule has 3 rings (SSSR count). The zero-order chi connectivity index (χ0) is 17.6. The molecule has 134 valence electrons. The Bertz CT molecular complexity index is 686. The molecule has 1 aromatic heterocycles. The lowest BCUT2D eigenvalue weighted by Crippen LogP contribution is -2.37. The van der Waals surface area contributed by atoms with Crippen molar-refractivity contribution in [1.29, 1.82) is 0 Å². The smallest absolute Gasteiger partial charge is 0.275 e. The molecule has 0 bridgehead atoms. The highest BCUT2D eigenvalue weighted by atomic mass is 16.5. The van der Waals surface area contributed by atoms with Gasteiger partial charge in [-0.2, -0.15) is 0 Å². The molecule has 0 radical (unpaired) electrons. The average molecular weight is 343 g/mol. The van der Waals surface area contributed by atoms with Gasteiger partial charge in [0.25, 0.3) is 5.91 Å². The van der Waals surface area contributed by atoms with E-state index in [1.54, 1.807) is 18.0 Å². The monoisotopic (exact) mass is 343 g/mol. The highest BCUT2D eigenvalue weighted by molar-refractivity contribution is 5.92. The second-order valence-corrected chi connectivity index (χ2v) is 6.67. The summed E-state index contributed by atoms with van der Waals surface area (Å²) < 4.78 is 5.32. The molecule has 1 aliphatic heterocycles. The highest BCUT2D eigenvalue weighted by Gasteiger charge is 2.21. The van der Waals surface area contributed by atoms with E-state index in [-0.39, 0.29) is 12.0 Å². The van der Waals surface area contributed by atoms with Gasteiger partial charge in [-0.1, -0.05) is 35.5 Å². The molecule has 1 atom stereocenters. The van der Waals surface area contributed by atoms with E-state index in [4.69, 9.17) is 4.52 Å². The van der Waals surface area contributed by atoms with Crippen molar-refractivity contribution in [2.75, 3.05) is 26.7 Å². The predicted molar refractivity (Wildman–Crippen MR) is 94.1 cm³/mol. The minimum atomic E-state index is -0.276. The van der Waals surface area contributed by atoms with Crippen LogP contribution in [0.15, 0.2) is 40.9 Å². The number of piperidine rings is 1. The maximum absolute atomic E-state index is 12.5. The summed E-state index contributed by atoms with van der Waals surface area (Å²) in [5, 5.41) is 13.6. The predicted octanol–water partition coefficient (Wildman–Crippen LogP) is 1.95. The van der Waals surface area contributed by atoms with Gasteiger partial charge in [-0.15, -0.1) is 0 Å². The molecule has 2 aromatic rings. The van der Waals surface area contributed by atoms with Crippen molar-refractivity contribution in [3.05, 3.63) is 53.4 Å². The lowest BCUT2D eigenvalue weighted by Gasteiger charge is -2.28. The Labute approximate surface area is 148 Å². The van der Waals surface area contributed by atoms with Crippen molar-refractivity contribution in [2.24, 2.45) is 0 Å². The van der Waals surface area contributed by atoms with Crippen LogP contribution in [0.2, 0.25) is 0 Å². The minimum absolute atomic E-state index is 0.135. The molecule has 0 aliphatic carbocycles. The van der Waals surface area contributed by atoms with E-state index >= 15 is 0 Å². The van der Waals surface area contributed by atoms with Crippen LogP contribution in [0, 0.1) is 0 Å². The summed E-state index contributed by atoms with van der Waals surface area (Å²) in [7, 11) is 1.78. The van der Waals surface area contributed by atoms with Crippen LogP contribution in [0.25, 0.3) is 0 Å². The number of benzene rings is 1. The van der Waals surface area contributed by atoms with Gasteiger partial charge in [0.05, 0.1) is 12.6 Å². The Morgan fingerprint density at radius 2 is 2.20 bits per heavy atom. The fourth-order valence-corrected chi connectivity index (χ4v) is 3.12. The number of carbonyl (C=O) groups excluding carboxylic acids is 1. The van der Waals surface area contributed by atoms with Crippen molar-refractivity contribution < 1.29 is 14.4 Å². The van der Waals surface area contributed by atoms with Crippen molar-refractivity contribution in [3.8, 4) is 0 Å². The molecule has 6 heteroatoms. The number of likely N-dealkylation sites (tertiary alicyclic amines) is 1. The Hall–Kier alpha value is -2.18. The van der Waals surface area contributed by atoms with Crippen molar-refractivity contribution in [1.82, 2.24) is 15.0 Å². The maximum Gasteiger partial charge on any atom is 0.275 e. The number of likely N-dealkylation sites (N-methyl/N-ethyl adjacent to an activating group) is 1. The number of aromatic nitrogens is 1. The first-order chi connectivity index (χ1) is 12.1. The standard InChI is InChI=1S/C19H25N3O3/c1-21(11-9-15-6-3-2-4-7-15)19(24)18-12-17(25-20-18)14-22-10-5-8-16(23)13-22/h2-4,6-7,12,16,23H,5,8-11,13-14H2,1H3/t16-/m0/s1. The Morgan fingerprint density at radius 1 is 1.40 bits per heavy atom. The third-order valence-corrected chi connectivity index (χ3v) is 4.56. The molecule has 25 heavy (non-hydrogen) atoms. The summed E-state index contributed by atoms with van der Waals surface area (Å²) in [4.78, 5) is 16.3. The lowest BCUT2D eigenvalue weighted by atomic mass is 10.1. The van der Waals surface area contributed by atoms with Gasteiger partial charge in [0.15, 0.2) is 11.5 Å². The van der Waals surface area contributed by atoms with Gasteiger partial charge in [0.1, 0.15) is 0 Å². The number of aliphatic hydroxyl groups excluding tert-OH is 1. The van der Waals surface area contributed by atoms with Crippen LogP contribution in [0.5, 0.6) is 0 Å². The van der Waals surface area contributed by atoms with Crippen LogP contribution in [-0.2, 0) is 13.0 Å². The summed E-state index contributed by atoms with van der Waals surface area (Å²) >= 11 is 0. The van der Waals surface area contributed by atoms with Crippen LogP contribution in [0.1, 0.15) is 34.7 Å². The van der Waals surface area contributed by atoms with Gasteiger partial charge in [-0.25, -0.2) is 0 Å².